The SMILES string of the molecule is CC(C)=C1C(=C(C)C)c2ccccc21. The first-order chi connectivity index (χ1) is 6.63. The smallest absolute Gasteiger partial charge is 0.00997 e. The molecule has 0 radical (unpaired) electrons. The van der Waals surface area contributed by atoms with Crippen LogP contribution in [0.2, 0.25) is 0 Å². The van der Waals surface area contributed by atoms with E-state index in [2.05, 4.69) is 52.0 Å². The third-order valence-electron chi connectivity index (χ3n) is 2.72. The van der Waals surface area contributed by atoms with Crippen LogP contribution >= 0.6 is 0 Å². The van der Waals surface area contributed by atoms with Gasteiger partial charge in [0.05, 0.1) is 0 Å². The molecule has 1 aliphatic carbocycles. The fourth-order valence-corrected chi connectivity index (χ4v) is 2.16. The highest BCUT2D eigenvalue weighted by Gasteiger charge is 2.26. The Bertz CT molecular complexity index is 394. The maximum absolute atomic E-state index is 2.21. The summed E-state index contributed by atoms with van der Waals surface area (Å²) in [4.78, 5) is 0. The van der Waals surface area contributed by atoms with Crippen molar-refractivity contribution in [2.75, 3.05) is 0 Å². The Morgan fingerprint density at radius 3 is 1.36 bits per heavy atom. The molecule has 0 bridgehead atoms. The number of benzene rings is 1. The zero-order chi connectivity index (χ0) is 10.3. The molecule has 72 valence electrons. The van der Waals surface area contributed by atoms with Crippen molar-refractivity contribution in [3.05, 3.63) is 46.5 Å². The first-order valence-corrected chi connectivity index (χ1v) is 5.08. The normalized spacial score (nSPS) is 13.4. The van der Waals surface area contributed by atoms with Crippen molar-refractivity contribution in [3.63, 3.8) is 0 Å². The zero-order valence-electron chi connectivity index (χ0n) is 9.31. The molecule has 0 spiro atoms. The van der Waals surface area contributed by atoms with E-state index in [9.17, 15) is 0 Å². The molecule has 0 atom stereocenters. The molecule has 0 amide bonds. The van der Waals surface area contributed by atoms with E-state index in [1.807, 2.05) is 0 Å². The number of hydrogen-bond donors (Lipinski definition) is 0. The predicted molar refractivity (Wildman–Crippen MR) is 63.0 cm³/mol. The van der Waals surface area contributed by atoms with Gasteiger partial charge >= 0.3 is 0 Å². The van der Waals surface area contributed by atoms with Gasteiger partial charge < -0.3 is 0 Å². The van der Waals surface area contributed by atoms with Crippen LogP contribution in [0.4, 0.5) is 0 Å². The highest BCUT2D eigenvalue weighted by molar-refractivity contribution is 6.18. The molecule has 1 aromatic rings. The van der Waals surface area contributed by atoms with E-state index >= 15 is 0 Å². The predicted octanol–water partition coefficient (Wildman–Crippen LogP) is 4.29. The third kappa shape index (κ3) is 1.14. The van der Waals surface area contributed by atoms with Crippen molar-refractivity contribution in [1.82, 2.24) is 0 Å². The second-order valence-electron chi connectivity index (χ2n) is 4.30. The van der Waals surface area contributed by atoms with E-state index in [-0.39, 0.29) is 0 Å². The van der Waals surface area contributed by atoms with E-state index in [1.165, 1.54) is 33.4 Å². The van der Waals surface area contributed by atoms with Gasteiger partial charge in [-0.25, -0.2) is 0 Å². The Balaban J connectivity index is 2.72. The second-order valence-corrected chi connectivity index (χ2v) is 4.30. The van der Waals surface area contributed by atoms with Crippen LogP contribution in [0.1, 0.15) is 38.8 Å². The quantitative estimate of drug-likeness (QED) is 0.564. The summed E-state index contributed by atoms with van der Waals surface area (Å²) in [6.07, 6.45) is 0. The lowest BCUT2D eigenvalue weighted by molar-refractivity contribution is 1.31. The number of allylic oxidation sites excluding steroid dienone is 4. The van der Waals surface area contributed by atoms with E-state index in [1.54, 1.807) is 0 Å². The van der Waals surface area contributed by atoms with Crippen LogP contribution in [-0.4, -0.2) is 0 Å². The summed E-state index contributed by atoms with van der Waals surface area (Å²) in [6.45, 7) is 8.75. The van der Waals surface area contributed by atoms with Gasteiger partial charge in [0.15, 0.2) is 0 Å². The maximum Gasteiger partial charge on any atom is -0.00997 e. The first-order valence-electron chi connectivity index (χ1n) is 5.08. The summed E-state index contributed by atoms with van der Waals surface area (Å²) in [7, 11) is 0. The van der Waals surface area contributed by atoms with Crippen LogP contribution in [0.3, 0.4) is 0 Å². The molecule has 14 heavy (non-hydrogen) atoms. The number of fused-ring (bicyclic) bond motifs is 1. The lowest BCUT2D eigenvalue weighted by Gasteiger charge is -2.30. The molecule has 0 heterocycles. The van der Waals surface area contributed by atoms with E-state index in [0.717, 1.165) is 0 Å². The Morgan fingerprint density at radius 2 is 1.07 bits per heavy atom. The molecule has 0 N–H and O–H groups in total. The highest BCUT2D eigenvalue weighted by atomic mass is 14.3. The van der Waals surface area contributed by atoms with E-state index < -0.39 is 0 Å². The van der Waals surface area contributed by atoms with Gasteiger partial charge in [-0.2, -0.15) is 0 Å². The van der Waals surface area contributed by atoms with Gasteiger partial charge in [0.1, 0.15) is 0 Å². The average molecular weight is 184 g/mol. The molecule has 0 nitrogen and oxygen atoms in total. The molecule has 0 saturated carbocycles. The summed E-state index contributed by atoms with van der Waals surface area (Å²) >= 11 is 0. The van der Waals surface area contributed by atoms with Crippen LogP contribution in [0.5, 0.6) is 0 Å². The molecular weight excluding hydrogens is 168 g/mol. The van der Waals surface area contributed by atoms with Gasteiger partial charge in [-0.05, 0) is 50.0 Å². The fourth-order valence-electron chi connectivity index (χ4n) is 2.16. The topological polar surface area (TPSA) is 0 Å². The van der Waals surface area contributed by atoms with Crippen molar-refractivity contribution in [1.29, 1.82) is 0 Å². The molecule has 0 aromatic heterocycles. The van der Waals surface area contributed by atoms with Gasteiger partial charge in [-0.3, -0.25) is 0 Å². The lowest BCUT2D eigenvalue weighted by atomic mass is 9.74. The van der Waals surface area contributed by atoms with E-state index in [0.29, 0.717) is 0 Å². The maximum atomic E-state index is 2.21. The molecule has 0 aliphatic heterocycles. The largest absolute Gasteiger partial charge is 0.0679 e. The van der Waals surface area contributed by atoms with Gasteiger partial charge in [0, 0.05) is 0 Å². The van der Waals surface area contributed by atoms with E-state index in [4.69, 9.17) is 0 Å². The number of rotatable bonds is 0. The Morgan fingerprint density at radius 1 is 0.714 bits per heavy atom. The molecule has 1 aromatic carbocycles. The van der Waals surface area contributed by atoms with Gasteiger partial charge in [0.25, 0.3) is 0 Å². The fraction of sp³-hybridized carbons (Fsp3) is 0.286. The van der Waals surface area contributed by atoms with Gasteiger partial charge in [0.2, 0.25) is 0 Å². The second kappa shape index (κ2) is 3.13. The standard InChI is InChI=1S/C14H16/c1-9(2)13-11-7-5-6-8-12(11)14(13)10(3)4/h5-8H,1-4H3. The molecule has 2 rings (SSSR count). The Labute approximate surface area is 86.0 Å². The van der Waals surface area contributed by atoms with Crippen molar-refractivity contribution < 1.29 is 0 Å². The highest BCUT2D eigenvalue weighted by Crippen LogP contribution is 2.48. The zero-order valence-corrected chi connectivity index (χ0v) is 9.31. The van der Waals surface area contributed by atoms with Gasteiger partial charge in [-0.1, -0.05) is 35.4 Å². The minimum atomic E-state index is 1.42. The summed E-state index contributed by atoms with van der Waals surface area (Å²) in [6, 6.07) is 8.65. The first kappa shape index (κ1) is 9.26. The molecule has 0 unspecified atom stereocenters. The van der Waals surface area contributed by atoms with Crippen molar-refractivity contribution >= 4 is 11.1 Å². The third-order valence-corrected chi connectivity index (χ3v) is 2.72. The van der Waals surface area contributed by atoms with Crippen LogP contribution < -0.4 is 0 Å². The molecule has 0 fully saturated rings. The molecule has 0 saturated heterocycles. The Kier molecular flexibility index (Phi) is 2.07. The monoisotopic (exact) mass is 184 g/mol. The average Bonchev–Trinajstić information content (AvgIpc) is 2.05. The minimum Gasteiger partial charge on any atom is -0.0679 e. The Hall–Kier alpha value is -1.30. The van der Waals surface area contributed by atoms with Crippen LogP contribution in [-0.2, 0) is 0 Å². The van der Waals surface area contributed by atoms with Crippen molar-refractivity contribution in [2.45, 2.75) is 27.7 Å². The van der Waals surface area contributed by atoms with Gasteiger partial charge in [-0.15, -0.1) is 0 Å². The van der Waals surface area contributed by atoms with Crippen LogP contribution in [0, 0.1) is 0 Å². The lowest BCUT2D eigenvalue weighted by Crippen LogP contribution is -2.08. The van der Waals surface area contributed by atoms with Crippen LogP contribution in [0.15, 0.2) is 35.4 Å². The van der Waals surface area contributed by atoms with Crippen LogP contribution in [0.25, 0.3) is 11.1 Å². The van der Waals surface area contributed by atoms with Crippen molar-refractivity contribution in [3.8, 4) is 0 Å². The molecule has 1 aliphatic rings. The minimum absolute atomic E-state index is 1.42. The molecular formula is C14H16. The number of hydrogen-bond acceptors (Lipinski definition) is 0. The molecule has 0 heteroatoms. The summed E-state index contributed by atoms with van der Waals surface area (Å²) < 4.78 is 0. The summed E-state index contributed by atoms with van der Waals surface area (Å²) in [5, 5.41) is 0. The summed E-state index contributed by atoms with van der Waals surface area (Å²) in [5.74, 6) is 0. The summed E-state index contributed by atoms with van der Waals surface area (Å²) in [5.41, 5.74) is 8.59. The van der Waals surface area contributed by atoms with Crippen molar-refractivity contribution in [2.24, 2.45) is 0 Å².